The lowest BCUT2D eigenvalue weighted by atomic mass is 10.1. The third kappa shape index (κ3) is 2.17. The summed E-state index contributed by atoms with van der Waals surface area (Å²) in [6, 6.07) is 14.1. The minimum atomic E-state index is -0.0449. The number of rotatable bonds is 2. The number of hydrogen-bond donors (Lipinski definition) is 2. The van der Waals surface area contributed by atoms with Gasteiger partial charge in [-0.25, -0.2) is 0 Å². The van der Waals surface area contributed by atoms with E-state index in [4.69, 9.17) is 11.5 Å². The Labute approximate surface area is 93.3 Å². The van der Waals surface area contributed by atoms with Crippen LogP contribution in [0.3, 0.4) is 0 Å². The van der Waals surface area contributed by atoms with Crippen LogP contribution in [0.5, 0.6) is 0 Å². The van der Waals surface area contributed by atoms with E-state index in [1.165, 1.54) is 0 Å². The number of nitrogens with zero attached hydrogens (tertiary/aromatic N) is 2. The van der Waals surface area contributed by atoms with Crippen molar-refractivity contribution < 1.29 is 0 Å². The van der Waals surface area contributed by atoms with Gasteiger partial charge in [0.25, 0.3) is 0 Å². The molecule has 4 heteroatoms. The smallest absolute Gasteiger partial charge is 0.211 e. The Morgan fingerprint density at radius 1 is 1.00 bits per heavy atom. The van der Waals surface area contributed by atoms with Crippen LogP contribution in [0.1, 0.15) is 5.56 Å². The summed E-state index contributed by atoms with van der Waals surface area (Å²) in [6.07, 6.45) is 1.64. The summed E-state index contributed by atoms with van der Waals surface area (Å²) in [6.45, 7) is 0. The van der Waals surface area contributed by atoms with Gasteiger partial charge in [-0.15, -0.1) is 5.10 Å². The summed E-state index contributed by atoms with van der Waals surface area (Å²) >= 11 is 0. The zero-order chi connectivity index (χ0) is 11.4. The molecule has 80 valence electrons. The molecule has 4 nitrogen and oxygen atoms in total. The number of nitrogens with two attached hydrogens (primary N) is 2. The van der Waals surface area contributed by atoms with Gasteiger partial charge in [0.05, 0.1) is 6.21 Å². The van der Waals surface area contributed by atoms with Crippen LogP contribution in [0.4, 0.5) is 0 Å². The molecule has 4 N–H and O–H groups in total. The van der Waals surface area contributed by atoms with Crippen molar-refractivity contribution in [2.45, 2.75) is 0 Å². The van der Waals surface area contributed by atoms with Crippen LogP contribution in [0.2, 0.25) is 0 Å². The van der Waals surface area contributed by atoms with Crippen LogP contribution >= 0.6 is 0 Å². The first-order chi connectivity index (χ1) is 7.77. The molecule has 0 aliphatic heterocycles. The van der Waals surface area contributed by atoms with Crippen molar-refractivity contribution in [3.8, 4) is 0 Å². The average Bonchev–Trinajstić information content (AvgIpc) is 2.29. The van der Waals surface area contributed by atoms with Crippen molar-refractivity contribution in [3.63, 3.8) is 0 Å². The fourth-order valence-corrected chi connectivity index (χ4v) is 1.52. The maximum absolute atomic E-state index is 5.18. The van der Waals surface area contributed by atoms with E-state index in [1.807, 2.05) is 42.5 Å². The molecule has 0 unspecified atom stereocenters. The van der Waals surface area contributed by atoms with E-state index in [-0.39, 0.29) is 5.96 Å². The van der Waals surface area contributed by atoms with Gasteiger partial charge in [-0.05, 0) is 10.8 Å². The Morgan fingerprint density at radius 2 is 1.75 bits per heavy atom. The Morgan fingerprint density at radius 3 is 2.56 bits per heavy atom. The van der Waals surface area contributed by atoms with E-state index >= 15 is 0 Å². The molecule has 2 aromatic carbocycles. The van der Waals surface area contributed by atoms with Crippen molar-refractivity contribution in [3.05, 3.63) is 48.0 Å². The Balaban J connectivity index is 2.45. The highest BCUT2D eigenvalue weighted by Crippen LogP contribution is 2.16. The van der Waals surface area contributed by atoms with Gasteiger partial charge in [-0.3, -0.25) is 0 Å². The Hall–Kier alpha value is -2.36. The molecule has 2 rings (SSSR count). The Bertz CT molecular complexity index is 548. The summed E-state index contributed by atoms with van der Waals surface area (Å²) < 4.78 is 0. The highest BCUT2D eigenvalue weighted by molar-refractivity contribution is 5.99. The summed E-state index contributed by atoms with van der Waals surface area (Å²) in [4.78, 5) is 0. The SMILES string of the molecule is NC(N)=N/N=C\c1cccc2ccccc12. The van der Waals surface area contributed by atoms with Crippen LogP contribution < -0.4 is 11.5 Å². The van der Waals surface area contributed by atoms with Gasteiger partial charge in [-0.1, -0.05) is 42.5 Å². The first-order valence-corrected chi connectivity index (χ1v) is 4.87. The molecule has 16 heavy (non-hydrogen) atoms. The minimum Gasteiger partial charge on any atom is -0.369 e. The fraction of sp³-hybridized carbons (Fsp3) is 0. The molecule has 0 bridgehead atoms. The summed E-state index contributed by atoms with van der Waals surface area (Å²) in [5.74, 6) is -0.0449. The van der Waals surface area contributed by atoms with Gasteiger partial charge in [0.2, 0.25) is 5.96 Å². The zero-order valence-corrected chi connectivity index (χ0v) is 8.67. The van der Waals surface area contributed by atoms with Crippen molar-refractivity contribution in [1.29, 1.82) is 0 Å². The van der Waals surface area contributed by atoms with Crippen LogP contribution in [-0.2, 0) is 0 Å². The minimum absolute atomic E-state index is 0.0449. The van der Waals surface area contributed by atoms with Gasteiger partial charge in [0.1, 0.15) is 0 Å². The summed E-state index contributed by atoms with van der Waals surface area (Å²) in [7, 11) is 0. The van der Waals surface area contributed by atoms with Gasteiger partial charge < -0.3 is 11.5 Å². The van der Waals surface area contributed by atoms with Crippen LogP contribution in [0.25, 0.3) is 10.8 Å². The second-order valence-corrected chi connectivity index (χ2v) is 3.34. The van der Waals surface area contributed by atoms with Crippen molar-refractivity contribution >= 4 is 22.9 Å². The van der Waals surface area contributed by atoms with E-state index in [9.17, 15) is 0 Å². The van der Waals surface area contributed by atoms with Crippen molar-refractivity contribution in [2.75, 3.05) is 0 Å². The van der Waals surface area contributed by atoms with Crippen LogP contribution in [0.15, 0.2) is 52.7 Å². The molecule has 0 aliphatic rings. The second-order valence-electron chi connectivity index (χ2n) is 3.34. The van der Waals surface area contributed by atoms with E-state index in [1.54, 1.807) is 6.21 Å². The first-order valence-electron chi connectivity index (χ1n) is 4.87. The van der Waals surface area contributed by atoms with Crippen molar-refractivity contribution in [2.24, 2.45) is 21.7 Å². The second kappa shape index (κ2) is 4.44. The molecule has 0 aliphatic carbocycles. The standard InChI is InChI=1S/C12H12N4/c13-12(14)16-15-8-10-6-3-5-9-4-1-2-7-11(9)10/h1-8H,(H4,13,14,16)/b15-8-. The van der Waals surface area contributed by atoms with E-state index in [0.717, 1.165) is 16.3 Å². The Kier molecular flexibility index (Phi) is 2.82. The lowest BCUT2D eigenvalue weighted by molar-refractivity contribution is 1.22. The number of benzene rings is 2. The number of fused-ring (bicyclic) bond motifs is 1. The molecule has 0 heterocycles. The monoisotopic (exact) mass is 212 g/mol. The largest absolute Gasteiger partial charge is 0.369 e. The lowest BCUT2D eigenvalue weighted by Gasteiger charge is -1.99. The van der Waals surface area contributed by atoms with Gasteiger partial charge in [0.15, 0.2) is 0 Å². The molecular weight excluding hydrogens is 200 g/mol. The molecule has 2 aromatic rings. The molecule has 0 amide bonds. The average molecular weight is 212 g/mol. The molecule has 0 atom stereocenters. The van der Waals surface area contributed by atoms with E-state index in [0.29, 0.717) is 0 Å². The fourth-order valence-electron chi connectivity index (χ4n) is 1.52. The quantitative estimate of drug-likeness (QED) is 0.449. The molecule has 0 aromatic heterocycles. The third-order valence-corrected chi connectivity index (χ3v) is 2.19. The topological polar surface area (TPSA) is 76.8 Å². The van der Waals surface area contributed by atoms with Gasteiger partial charge in [-0.2, -0.15) is 5.10 Å². The van der Waals surface area contributed by atoms with Gasteiger partial charge >= 0.3 is 0 Å². The first kappa shape index (κ1) is 10.2. The van der Waals surface area contributed by atoms with Crippen LogP contribution in [-0.4, -0.2) is 12.2 Å². The molecular formula is C12H12N4. The van der Waals surface area contributed by atoms with Crippen molar-refractivity contribution in [1.82, 2.24) is 0 Å². The summed E-state index contributed by atoms with van der Waals surface area (Å²) in [5.41, 5.74) is 11.4. The van der Waals surface area contributed by atoms with Gasteiger partial charge in [0, 0.05) is 5.56 Å². The van der Waals surface area contributed by atoms with Crippen LogP contribution in [0, 0.1) is 0 Å². The predicted molar refractivity (Wildman–Crippen MR) is 67.4 cm³/mol. The predicted octanol–water partition coefficient (Wildman–Crippen LogP) is 1.45. The highest BCUT2D eigenvalue weighted by atomic mass is 15.3. The molecule has 0 spiro atoms. The van der Waals surface area contributed by atoms with E-state index in [2.05, 4.69) is 10.2 Å². The summed E-state index contributed by atoms with van der Waals surface area (Å²) in [5, 5.41) is 9.66. The maximum Gasteiger partial charge on any atom is 0.211 e. The third-order valence-electron chi connectivity index (χ3n) is 2.19. The molecule has 0 saturated carbocycles. The highest BCUT2D eigenvalue weighted by Gasteiger charge is 1.96. The molecule has 0 fully saturated rings. The maximum atomic E-state index is 5.18. The number of guanidine groups is 1. The zero-order valence-electron chi connectivity index (χ0n) is 8.67. The molecule has 0 saturated heterocycles. The molecule has 0 radical (unpaired) electrons. The lowest BCUT2D eigenvalue weighted by Crippen LogP contribution is -2.21. The number of hydrogen-bond acceptors (Lipinski definition) is 2. The normalized spacial score (nSPS) is 10.8. The van der Waals surface area contributed by atoms with E-state index < -0.39 is 0 Å².